The van der Waals surface area contributed by atoms with Gasteiger partial charge in [0, 0.05) is 16.3 Å². The highest BCUT2D eigenvalue weighted by Crippen LogP contribution is 2.23. The van der Waals surface area contributed by atoms with E-state index in [-0.39, 0.29) is 5.91 Å². The Hall–Kier alpha value is -0.550. The molecule has 1 N–H and O–H groups in total. The van der Waals surface area contributed by atoms with Crippen molar-refractivity contribution < 1.29 is 9.53 Å². The molecule has 0 aliphatic carbocycles. The van der Waals surface area contributed by atoms with Crippen LogP contribution in [0.15, 0.2) is 22.7 Å². The Morgan fingerprint density at radius 1 is 1.26 bits per heavy atom. The highest BCUT2D eigenvalue weighted by atomic mass is 79.9. The molecule has 1 amide bonds. The molecule has 0 bridgehead atoms. The molecule has 0 aromatic heterocycles. The van der Waals surface area contributed by atoms with E-state index in [1.54, 1.807) is 19.2 Å². The van der Waals surface area contributed by atoms with E-state index in [0.29, 0.717) is 17.9 Å². The zero-order valence-electron chi connectivity index (χ0n) is 11.0. The largest absolute Gasteiger partial charge is 0.496 e. The molecule has 3 nitrogen and oxygen atoms in total. The third-order valence-electron chi connectivity index (χ3n) is 2.75. The predicted molar refractivity (Wildman–Crippen MR) is 85.3 cm³/mol. The lowest BCUT2D eigenvalue weighted by Crippen LogP contribution is -2.24. The molecule has 1 aromatic rings. The van der Waals surface area contributed by atoms with Crippen LogP contribution in [0, 0.1) is 0 Å². The lowest BCUT2D eigenvalue weighted by atomic mass is 10.1. The zero-order valence-corrected chi connectivity index (χ0v) is 14.2. The van der Waals surface area contributed by atoms with Crippen molar-refractivity contribution >= 4 is 37.8 Å². The third kappa shape index (κ3) is 5.95. The summed E-state index contributed by atoms with van der Waals surface area (Å²) in [4.78, 5) is 12.0. The Balaban J connectivity index is 2.41. The van der Waals surface area contributed by atoms with E-state index in [2.05, 4.69) is 37.2 Å². The van der Waals surface area contributed by atoms with Crippen molar-refractivity contribution in [1.29, 1.82) is 0 Å². The third-order valence-corrected chi connectivity index (χ3v) is 3.81. The van der Waals surface area contributed by atoms with E-state index >= 15 is 0 Å². The van der Waals surface area contributed by atoms with Gasteiger partial charge in [0.15, 0.2) is 0 Å². The Kier molecular flexibility index (Phi) is 8.14. The summed E-state index contributed by atoms with van der Waals surface area (Å²) < 4.78 is 6.11. The summed E-state index contributed by atoms with van der Waals surface area (Å²) in [5.41, 5.74) is 0.575. The summed E-state index contributed by atoms with van der Waals surface area (Å²) in [6, 6.07) is 5.40. The van der Waals surface area contributed by atoms with E-state index in [1.807, 2.05) is 6.07 Å². The minimum Gasteiger partial charge on any atom is -0.496 e. The monoisotopic (exact) mass is 391 g/mol. The van der Waals surface area contributed by atoms with Gasteiger partial charge < -0.3 is 10.1 Å². The molecular formula is C14H19Br2NO2. The van der Waals surface area contributed by atoms with E-state index in [1.165, 1.54) is 12.8 Å². The molecule has 19 heavy (non-hydrogen) atoms. The van der Waals surface area contributed by atoms with E-state index < -0.39 is 0 Å². The predicted octanol–water partition coefficient (Wildman–Crippen LogP) is 4.14. The van der Waals surface area contributed by atoms with Gasteiger partial charge in [0.25, 0.3) is 5.91 Å². The van der Waals surface area contributed by atoms with Crippen LogP contribution < -0.4 is 10.1 Å². The van der Waals surface area contributed by atoms with Crippen molar-refractivity contribution in [3.05, 3.63) is 28.2 Å². The normalized spacial score (nSPS) is 10.3. The number of hydrogen-bond acceptors (Lipinski definition) is 2. The molecule has 0 radical (unpaired) electrons. The molecule has 0 saturated heterocycles. The average Bonchev–Trinajstić information content (AvgIpc) is 2.42. The number of methoxy groups -OCH3 is 1. The quantitative estimate of drug-likeness (QED) is 0.533. The van der Waals surface area contributed by atoms with Crippen LogP contribution >= 0.6 is 31.9 Å². The van der Waals surface area contributed by atoms with Crippen LogP contribution in [-0.2, 0) is 0 Å². The first-order valence-corrected chi connectivity index (χ1v) is 8.28. The molecule has 0 aliphatic rings. The maximum Gasteiger partial charge on any atom is 0.255 e. The second-order valence-electron chi connectivity index (χ2n) is 4.20. The number of carbonyl (C=O) groups excluding carboxylic acids is 1. The summed E-state index contributed by atoms with van der Waals surface area (Å²) in [5, 5.41) is 3.98. The average molecular weight is 393 g/mol. The van der Waals surface area contributed by atoms with Gasteiger partial charge in [-0.1, -0.05) is 44.7 Å². The number of amides is 1. The number of halogens is 2. The molecule has 1 aromatic carbocycles. The number of unbranched alkanes of at least 4 members (excludes halogenated alkanes) is 3. The summed E-state index contributed by atoms with van der Waals surface area (Å²) in [7, 11) is 1.57. The Morgan fingerprint density at radius 2 is 2.00 bits per heavy atom. The van der Waals surface area contributed by atoms with Gasteiger partial charge in [-0.05, 0) is 31.0 Å². The van der Waals surface area contributed by atoms with Gasteiger partial charge in [-0.3, -0.25) is 4.79 Å². The minimum absolute atomic E-state index is 0.0789. The highest BCUT2D eigenvalue weighted by Gasteiger charge is 2.11. The molecule has 1 rings (SSSR count). The van der Waals surface area contributed by atoms with Gasteiger partial charge in [-0.15, -0.1) is 0 Å². The van der Waals surface area contributed by atoms with Crippen molar-refractivity contribution in [3.8, 4) is 5.75 Å². The van der Waals surface area contributed by atoms with Gasteiger partial charge in [0.1, 0.15) is 5.75 Å². The smallest absolute Gasteiger partial charge is 0.255 e. The highest BCUT2D eigenvalue weighted by molar-refractivity contribution is 9.10. The van der Waals surface area contributed by atoms with Crippen LogP contribution in [0.1, 0.15) is 36.0 Å². The number of carbonyl (C=O) groups is 1. The van der Waals surface area contributed by atoms with Crippen LogP contribution in [0.4, 0.5) is 0 Å². The molecule has 106 valence electrons. The number of rotatable bonds is 8. The van der Waals surface area contributed by atoms with Crippen molar-refractivity contribution in [2.75, 3.05) is 19.0 Å². The Bertz CT molecular complexity index is 410. The maximum absolute atomic E-state index is 12.0. The second-order valence-corrected chi connectivity index (χ2v) is 5.91. The van der Waals surface area contributed by atoms with Crippen molar-refractivity contribution in [2.45, 2.75) is 25.7 Å². The molecule has 0 fully saturated rings. The molecule has 0 aliphatic heterocycles. The summed E-state index contributed by atoms with van der Waals surface area (Å²) in [6.45, 7) is 0.709. The van der Waals surface area contributed by atoms with Crippen LogP contribution in [0.25, 0.3) is 0 Å². The number of hydrogen-bond donors (Lipinski definition) is 1. The minimum atomic E-state index is -0.0789. The van der Waals surface area contributed by atoms with E-state index in [0.717, 1.165) is 22.6 Å². The van der Waals surface area contributed by atoms with Crippen molar-refractivity contribution in [2.24, 2.45) is 0 Å². The summed E-state index contributed by atoms with van der Waals surface area (Å²) in [6.07, 6.45) is 4.54. The van der Waals surface area contributed by atoms with Crippen LogP contribution in [-0.4, -0.2) is 24.9 Å². The van der Waals surface area contributed by atoms with Crippen LogP contribution in [0.3, 0.4) is 0 Å². The van der Waals surface area contributed by atoms with Gasteiger partial charge >= 0.3 is 0 Å². The Labute approximate surface area is 131 Å². The van der Waals surface area contributed by atoms with Gasteiger partial charge in [0.2, 0.25) is 0 Å². The summed E-state index contributed by atoms with van der Waals surface area (Å²) >= 11 is 6.77. The molecule has 0 saturated carbocycles. The first-order valence-electron chi connectivity index (χ1n) is 6.36. The van der Waals surface area contributed by atoms with Crippen LogP contribution in [0.2, 0.25) is 0 Å². The second kappa shape index (κ2) is 9.37. The molecular weight excluding hydrogens is 374 g/mol. The van der Waals surface area contributed by atoms with Gasteiger partial charge in [-0.25, -0.2) is 0 Å². The molecule has 0 unspecified atom stereocenters. The fourth-order valence-corrected chi connectivity index (χ4v) is 2.46. The van der Waals surface area contributed by atoms with E-state index in [4.69, 9.17) is 4.74 Å². The Morgan fingerprint density at radius 3 is 2.68 bits per heavy atom. The number of alkyl halides is 1. The summed E-state index contributed by atoms with van der Waals surface area (Å²) in [5.74, 6) is 0.510. The molecule has 0 spiro atoms. The van der Waals surface area contributed by atoms with Crippen molar-refractivity contribution in [1.82, 2.24) is 5.32 Å². The standard InChI is InChI=1S/C14H19Br2NO2/c1-19-13-10-11(16)6-7-12(13)14(18)17-9-5-3-2-4-8-15/h6-7,10H,2-5,8-9H2,1H3,(H,17,18). The fourth-order valence-electron chi connectivity index (χ4n) is 1.72. The topological polar surface area (TPSA) is 38.3 Å². The number of nitrogens with one attached hydrogen (secondary N) is 1. The zero-order chi connectivity index (χ0) is 14.1. The van der Waals surface area contributed by atoms with Crippen LogP contribution in [0.5, 0.6) is 5.75 Å². The first-order chi connectivity index (χ1) is 9.19. The number of ether oxygens (including phenoxy) is 1. The maximum atomic E-state index is 12.0. The lowest BCUT2D eigenvalue weighted by molar-refractivity contribution is 0.0950. The SMILES string of the molecule is COc1cc(Br)ccc1C(=O)NCCCCCCBr. The van der Waals surface area contributed by atoms with Gasteiger partial charge in [0.05, 0.1) is 12.7 Å². The molecule has 5 heteroatoms. The fraction of sp³-hybridized carbons (Fsp3) is 0.500. The molecule has 0 atom stereocenters. The van der Waals surface area contributed by atoms with Crippen molar-refractivity contribution in [3.63, 3.8) is 0 Å². The molecule has 0 heterocycles. The van der Waals surface area contributed by atoms with Gasteiger partial charge in [-0.2, -0.15) is 0 Å². The lowest BCUT2D eigenvalue weighted by Gasteiger charge is -2.09. The first kappa shape index (κ1) is 16.5. The number of benzene rings is 1. The van der Waals surface area contributed by atoms with E-state index in [9.17, 15) is 4.79 Å².